The van der Waals surface area contributed by atoms with Crippen molar-refractivity contribution in [3.8, 4) is 0 Å². The summed E-state index contributed by atoms with van der Waals surface area (Å²) < 4.78 is 5.67. The maximum atomic E-state index is 13.1. The molecule has 0 bridgehead atoms. The van der Waals surface area contributed by atoms with E-state index in [1.807, 2.05) is 57.2 Å². The van der Waals surface area contributed by atoms with E-state index in [2.05, 4.69) is 4.90 Å². The quantitative estimate of drug-likeness (QED) is 0.721. The van der Waals surface area contributed by atoms with Crippen LogP contribution in [0, 0.1) is 5.92 Å². The number of carbonyl (C=O) groups excluding carboxylic acids is 2. The molecule has 0 spiro atoms. The third kappa shape index (κ3) is 4.81. The Labute approximate surface area is 183 Å². The maximum Gasteiger partial charge on any atom is 0.261 e. The molecule has 2 aliphatic rings. The first-order valence-electron chi connectivity index (χ1n) is 11.2. The number of amides is 2. The number of ether oxygens (including phenoxy) is 1. The average molecular weight is 425 g/mol. The molecular formula is C25H32N2O4. The Balaban J connectivity index is 1.35. The fourth-order valence-corrected chi connectivity index (χ4v) is 4.55. The van der Waals surface area contributed by atoms with Gasteiger partial charge in [-0.1, -0.05) is 24.3 Å². The fraction of sp³-hybridized carbons (Fsp3) is 0.520. The molecule has 2 aromatic rings. The molecule has 1 saturated heterocycles. The minimum atomic E-state index is -0.516. The van der Waals surface area contributed by atoms with E-state index in [9.17, 15) is 14.7 Å². The lowest BCUT2D eigenvalue weighted by Crippen LogP contribution is -2.46. The first-order valence-corrected chi connectivity index (χ1v) is 11.2. The van der Waals surface area contributed by atoms with Crippen molar-refractivity contribution < 1.29 is 19.4 Å². The van der Waals surface area contributed by atoms with Crippen LogP contribution in [0.2, 0.25) is 0 Å². The fourth-order valence-electron chi connectivity index (χ4n) is 4.55. The van der Waals surface area contributed by atoms with E-state index in [1.54, 1.807) is 0 Å². The van der Waals surface area contributed by atoms with Gasteiger partial charge in [0, 0.05) is 29.6 Å². The van der Waals surface area contributed by atoms with Crippen molar-refractivity contribution in [2.45, 2.75) is 45.3 Å². The number of imide groups is 1. The highest BCUT2D eigenvalue weighted by Crippen LogP contribution is 2.31. The number of aliphatic hydroxyl groups excluding tert-OH is 1. The summed E-state index contributed by atoms with van der Waals surface area (Å²) in [6.07, 6.45) is 1.28. The van der Waals surface area contributed by atoms with Crippen molar-refractivity contribution in [1.82, 2.24) is 9.80 Å². The van der Waals surface area contributed by atoms with E-state index in [4.69, 9.17) is 4.74 Å². The molecule has 2 heterocycles. The van der Waals surface area contributed by atoms with E-state index in [0.29, 0.717) is 30.8 Å². The van der Waals surface area contributed by atoms with Crippen LogP contribution in [0.3, 0.4) is 0 Å². The van der Waals surface area contributed by atoms with Gasteiger partial charge in [-0.05, 0) is 70.1 Å². The molecule has 0 unspecified atom stereocenters. The summed E-state index contributed by atoms with van der Waals surface area (Å²) in [5.74, 6) is -0.102. The zero-order chi connectivity index (χ0) is 22.2. The Morgan fingerprint density at radius 2 is 1.61 bits per heavy atom. The van der Waals surface area contributed by atoms with Crippen molar-refractivity contribution in [2.75, 3.05) is 32.8 Å². The summed E-state index contributed by atoms with van der Waals surface area (Å²) in [6, 6.07) is 11.3. The van der Waals surface area contributed by atoms with Gasteiger partial charge in [-0.2, -0.15) is 0 Å². The first kappa shape index (κ1) is 21.9. The lowest BCUT2D eigenvalue weighted by atomic mass is 9.91. The number of hydrogen-bond donors (Lipinski definition) is 1. The van der Waals surface area contributed by atoms with Crippen LogP contribution in [0.15, 0.2) is 36.4 Å². The standard InChI is InChI=1S/C25H32N2O4/c1-25(2,3)31-16-19(28)15-26-12-10-17(11-13-26)14-27-23(29)20-8-4-6-18-7-5-9-21(22(18)20)24(27)30/h4-9,17,19,28H,10-16H2,1-3H3/t19-/m1/s1. The molecule has 1 N–H and O–H groups in total. The molecule has 1 fully saturated rings. The molecule has 2 aromatic carbocycles. The molecule has 2 amide bonds. The van der Waals surface area contributed by atoms with Crippen LogP contribution in [0.5, 0.6) is 0 Å². The molecule has 4 rings (SSSR count). The second-order valence-corrected chi connectivity index (χ2v) is 9.75. The van der Waals surface area contributed by atoms with Crippen LogP contribution in [0.4, 0.5) is 0 Å². The van der Waals surface area contributed by atoms with Crippen LogP contribution in [-0.4, -0.2) is 71.2 Å². The third-order valence-electron chi connectivity index (χ3n) is 6.18. The Morgan fingerprint density at radius 1 is 1.03 bits per heavy atom. The SMILES string of the molecule is CC(C)(C)OC[C@H](O)CN1CCC(CN2C(=O)c3cccc4cccc(c34)C2=O)CC1. The summed E-state index contributed by atoms with van der Waals surface area (Å²) in [5.41, 5.74) is 0.976. The zero-order valence-corrected chi connectivity index (χ0v) is 18.6. The summed E-state index contributed by atoms with van der Waals surface area (Å²) >= 11 is 0. The number of carbonyl (C=O) groups is 2. The van der Waals surface area contributed by atoms with Crippen LogP contribution >= 0.6 is 0 Å². The Hall–Kier alpha value is -2.28. The minimum absolute atomic E-state index is 0.188. The monoisotopic (exact) mass is 424 g/mol. The van der Waals surface area contributed by atoms with Crippen LogP contribution < -0.4 is 0 Å². The molecule has 2 aliphatic heterocycles. The van der Waals surface area contributed by atoms with Gasteiger partial charge in [0.2, 0.25) is 0 Å². The van der Waals surface area contributed by atoms with Gasteiger partial charge in [-0.25, -0.2) is 0 Å². The molecule has 0 saturated carbocycles. The van der Waals surface area contributed by atoms with Gasteiger partial charge in [0.05, 0.1) is 18.3 Å². The normalized spacial score (nSPS) is 19.3. The van der Waals surface area contributed by atoms with Gasteiger partial charge in [-0.3, -0.25) is 14.5 Å². The summed E-state index contributed by atoms with van der Waals surface area (Å²) in [7, 11) is 0. The Morgan fingerprint density at radius 3 is 2.16 bits per heavy atom. The number of β-amino-alcohol motifs (C(OH)–C–C–N with tert-alkyl or cyclic N) is 1. The van der Waals surface area contributed by atoms with Crippen molar-refractivity contribution in [1.29, 1.82) is 0 Å². The van der Waals surface area contributed by atoms with E-state index in [0.717, 1.165) is 36.7 Å². The Bertz CT molecular complexity index is 922. The summed E-state index contributed by atoms with van der Waals surface area (Å²) in [4.78, 5) is 29.9. The van der Waals surface area contributed by atoms with Crippen LogP contribution in [0.1, 0.15) is 54.3 Å². The van der Waals surface area contributed by atoms with Crippen LogP contribution in [-0.2, 0) is 4.74 Å². The predicted octanol–water partition coefficient (Wildman–Crippen LogP) is 3.32. The van der Waals surface area contributed by atoms with Gasteiger partial charge in [-0.15, -0.1) is 0 Å². The van der Waals surface area contributed by atoms with Gasteiger partial charge in [0.15, 0.2) is 0 Å². The highest BCUT2D eigenvalue weighted by atomic mass is 16.5. The second kappa shape index (κ2) is 8.69. The molecule has 1 atom stereocenters. The number of rotatable bonds is 6. The molecule has 6 heteroatoms. The highest BCUT2D eigenvalue weighted by Gasteiger charge is 2.34. The van der Waals surface area contributed by atoms with Gasteiger partial charge in [0.25, 0.3) is 11.8 Å². The number of piperidine rings is 1. The second-order valence-electron chi connectivity index (χ2n) is 9.75. The molecule has 0 radical (unpaired) electrons. The first-order chi connectivity index (χ1) is 14.7. The van der Waals surface area contributed by atoms with E-state index >= 15 is 0 Å². The van der Waals surface area contributed by atoms with Crippen molar-refractivity contribution >= 4 is 22.6 Å². The molecule has 6 nitrogen and oxygen atoms in total. The largest absolute Gasteiger partial charge is 0.389 e. The molecule has 0 aromatic heterocycles. The Kier molecular flexibility index (Phi) is 6.15. The molecule has 166 valence electrons. The molecule has 0 aliphatic carbocycles. The maximum absolute atomic E-state index is 13.1. The van der Waals surface area contributed by atoms with E-state index in [1.165, 1.54) is 4.90 Å². The number of hydrogen-bond acceptors (Lipinski definition) is 5. The van der Waals surface area contributed by atoms with Crippen molar-refractivity contribution in [3.63, 3.8) is 0 Å². The lowest BCUT2D eigenvalue weighted by Gasteiger charge is -2.36. The van der Waals surface area contributed by atoms with Gasteiger partial charge >= 0.3 is 0 Å². The zero-order valence-electron chi connectivity index (χ0n) is 18.6. The molecule has 31 heavy (non-hydrogen) atoms. The number of benzene rings is 2. The van der Waals surface area contributed by atoms with Gasteiger partial charge < -0.3 is 14.7 Å². The van der Waals surface area contributed by atoms with Gasteiger partial charge in [0.1, 0.15) is 0 Å². The van der Waals surface area contributed by atoms with Crippen molar-refractivity contribution in [2.24, 2.45) is 5.92 Å². The van der Waals surface area contributed by atoms with E-state index < -0.39 is 6.10 Å². The predicted molar refractivity (Wildman–Crippen MR) is 120 cm³/mol. The topological polar surface area (TPSA) is 70.1 Å². The number of nitrogens with zero attached hydrogens (tertiary/aromatic N) is 2. The number of likely N-dealkylation sites (tertiary alicyclic amines) is 1. The lowest BCUT2D eigenvalue weighted by molar-refractivity contribution is -0.0579. The summed E-state index contributed by atoms with van der Waals surface area (Å²) in [6.45, 7) is 8.99. The smallest absolute Gasteiger partial charge is 0.261 e. The third-order valence-corrected chi connectivity index (χ3v) is 6.18. The minimum Gasteiger partial charge on any atom is -0.389 e. The van der Waals surface area contributed by atoms with Crippen molar-refractivity contribution in [3.05, 3.63) is 47.5 Å². The highest BCUT2D eigenvalue weighted by molar-refractivity contribution is 6.25. The average Bonchev–Trinajstić information content (AvgIpc) is 2.74. The van der Waals surface area contributed by atoms with E-state index in [-0.39, 0.29) is 23.3 Å². The van der Waals surface area contributed by atoms with Crippen LogP contribution in [0.25, 0.3) is 10.8 Å². The number of aliphatic hydroxyl groups is 1. The summed E-state index contributed by atoms with van der Waals surface area (Å²) in [5, 5.41) is 12.0. The molecular weight excluding hydrogens is 392 g/mol.